The number of amides is 1. The van der Waals surface area contributed by atoms with E-state index in [9.17, 15) is 24.2 Å². The summed E-state index contributed by atoms with van der Waals surface area (Å²) in [5.74, 6) is -2.41. The van der Waals surface area contributed by atoms with Crippen LogP contribution < -0.4 is 5.32 Å². The molecule has 0 saturated carbocycles. The second-order valence-electron chi connectivity index (χ2n) is 5.46. The number of carbonyl (C=O) groups is 2. The first-order chi connectivity index (χ1) is 12.4. The first-order valence-electron chi connectivity index (χ1n) is 7.72. The number of aliphatic hydroxyl groups excluding tert-OH is 2. The maximum atomic E-state index is 13.9. The lowest BCUT2D eigenvalue weighted by Crippen LogP contribution is -2.36. The smallest absolute Gasteiger partial charge is 0.407 e. The first-order valence-corrected chi connectivity index (χ1v) is 7.72. The van der Waals surface area contributed by atoms with Crippen molar-refractivity contribution in [3.63, 3.8) is 0 Å². The number of aliphatic hydroxyl groups is 2. The summed E-state index contributed by atoms with van der Waals surface area (Å²) < 4.78 is 18.8. The number of carboxylic acid groups (broad SMARTS) is 1. The van der Waals surface area contributed by atoms with E-state index in [1.54, 1.807) is 24.3 Å². The Labute approximate surface area is 148 Å². The van der Waals surface area contributed by atoms with Gasteiger partial charge in [0.25, 0.3) is 0 Å². The molecule has 2 aromatic carbocycles. The predicted octanol–water partition coefficient (Wildman–Crippen LogP) is 1.84. The number of rotatable bonds is 7. The zero-order valence-corrected chi connectivity index (χ0v) is 13.6. The Bertz CT molecular complexity index is 768. The lowest BCUT2D eigenvalue weighted by Gasteiger charge is -2.20. The van der Waals surface area contributed by atoms with Gasteiger partial charge in [-0.25, -0.2) is 14.0 Å². The summed E-state index contributed by atoms with van der Waals surface area (Å²) in [6.45, 7) is -0.440. The molecule has 0 aliphatic rings. The lowest BCUT2D eigenvalue weighted by molar-refractivity contribution is 0.0153. The van der Waals surface area contributed by atoms with E-state index in [1.165, 1.54) is 6.07 Å². The lowest BCUT2D eigenvalue weighted by atomic mass is 9.98. The fourth-order valence-corrected chi connectivity index (χ4v) is 2.29. The Kier molecular flexibility index (Phi) is 6.65. The highest BCUT2D eigenvalue weighted by molar-refractivity contribution is 5.89. The monoisotopic (exact) mass is 363 g/mol. The second kappa shape index (κ2) is 8.93. The SMILES string of the molecule is O=C(NCC(O)C(O)c1c(F)cccc1C(=O)O)OCc1ccccc1. The molecule has 1 amide bonds. The Morgan fingerprint density at radius 3 is 2.42 bits per heavy atom. The number of alkyl carbamates (subject to hydrolysis) is 1. The highest BCUT2D eigenvalue weighted by Gasteiger charge is 2.27. The number of hydrogen-bond donors (Lipinski definition) is 4. The average molecular weight is 363 g/mol. The van der Waals surface area contributed by atoms with Gasteiger partial charge >= 0.3 is 12.1 Å². The third-order valence-electron chi connectivity index (χ3n) is 3.61. The van der Waals surface area contributed by atoms with Crippen LogP contribution in [0.5, 0.6) is 0 Å². The highest BCUT2D eigenvalue weighted by Crippen LogP contribution is 2.24. The highest BCUT2D eigenvalue weighted by atomic mass is 19.1. The van der Waals surface area contributed by atoms with E-state index in [0.29, 0.717) is 0 Å². The standard InChI is InChI=1S/C18H18FNO6/c19-13-8-4-7-12(17(23)24)15(13)16(22)14(21)9-20-18(25)26-10-11-5-2-1-3-6-11/h1-8,14,16,21-22H,9-10H2,(H,20,25)(H,23,24). The van der Waals surface area contributed by atoms with Crippen molar-refractivity contribution in [1.82, 2.24) is 5.32 Å². The Morgan fingerprint density at radius 2 is 1.77 bits per heavy atom. The molecule has 2 unspecified atom stereocenters. The Hall–Kier alpha value is -2.97. The number of nitrogens with one attached hydrogen (secondary N) is 1. The van der Waals surface area contributed by atoms with Crippen molar-refractivity contribution in [2.24, 2.45) is 0 Å². The molecule has 2 atom stereocenters. The van der Waals surface area contributed by atoms with Crippen molar-refractivity contribution in [3.8, 4) is 0 Å². The number of carboxylic acids is 1. The van der Waals surface area contributed by atoms with Gasteiger partial charge in [-0.15, -0.1) is 0 Å². The van der Waals surface area contributed by atoms with Crippen LogP contribution in [-0.4, -0.2) is 40.0 Å². The molecule has 7 nitrogen and oxygen atoms in total. The van der Waals surface area contributed by atoms with Gasteiger partial charge in [-0.2, -0.15) is 0 Å². The third kappa shape index (κ3) is 5.01. The molecule has 0 saturated heterocycles. The Morgan fingerprint density at radius 1 is 1.08 bits per heavy atom. The van der Waals surface area contributed by atoms with E-state index in [2.05, 4.69) is 5.32 Å². The van der Waals surface area contributed by atoms with Crippen molar-refractivity contribution in [2.75, 3.05) is 6.54 Å². The molecule has 8 heteroatoms. The second-order valence-corrected chi connectivity index (χ2v) is 5.46. The molecule has 2 aromatic rings. The molecule has 0 aliphatic heterocycles. The molecule has 0 radical (unpaired) electrons. The van der Waals surface area contributed by atoms with Gasteiger partial charge in [-0.1, -0.05) is 36.4 Å². The molecule has 138 valence electrons. The molecule has 0 bridgehead atoms. The summed E-state index contributed by atoms with van der Waals surface area (Å²) in [6, 6.07) is 12.2. The molecule has 0 heterocycles. The number of carbonyl (C=O) groups excluding carboxylic acids is 1. The van der Waals surface area contributed by atoms with Gasteiger partial charge in [0.15, 0.2) is 0 Å². The van der Waals surface area contributed by atoms with Crippen LogP contribution in [0, 0.1) is 5.82 Å². The topological polar surface area (TPSA) is 116 Å². The van der Waals surface area contributed by atoms with Crippen molar-refractivity contribution >= 4 is 12.1 Å². The van der Waals surface area contributed by atoms with Crippen LogP contribution in [0.3, 0.4) is 0 Å². The van der Waals surface area contributed by atoms with Crippen LogP contribution >= 0.6 is 0 Å². The van der Waals surface area contributed by atoms with Gasteiger partial charge < -0.3 is 25.4 Å². The number of hydrogen-bond acceptors (Lipinski definition) is 5. The number of halogens is 1. The largest absolute Gasteiger partial charge is 0.478 e. The first kappa shape index (κ1) is 19.4. The quantitative estimate of drug-likeness (QED) is 0.597. The minimum atomic E-state index is -1.84. The fourth-order valence-electron chi connectivity index (χ4n) is 2.29. The predicted molar refractivity (Wildman–Crippen MR) is 89.0 cm³/mol. The molecular formula is C18H18FNO6. The van der Waals surface area contributed by atoms with Crippen LogP contribution in [0.4, 0.5) is 9.18 Å². The normalized spacial score (nSPS) is 12.9. The third-order valence-corrected chi connectivity index (χ3v) is 3.61. The van der Waals surface area contributed by atoms with Gasteiger partial charge in [0.05, 0.1) is 5.56 Å². The van der Waals surface area contributed by atoms with Crippen molar-refractivity contribution < 1.29 is 34.0 Å². The molecule has 0 spiro atoms. The number of benzene rings is 2. The summed E-state index contributed by atoms with van der Waals surface area (Å²) in [5, 5.41) is 31.3. The van der Waals surface area contributed by atoms with E-state index in [4.69, 9.17) is 9.84 Å². The zero-order valence-electron chi connectivity index (χ0n) is 13.6. The van der Waals surface area contributed by atoms with Crippen molar-refractivity contribution in [1.29, 1.82) is 0 Å². The molecule has 26 heavy (non-hydrogen) atoms. The number of aromatic carboxylic acids is 1. The molecular weight excluding hydrogens is 345 g/mol. The van der Waals surface area contributed by atoms with Gasteiger partial charge in [0, 0.05) is 12.1 Å². The minimum absolute atomic E-state index is 0.0157. The summed E-state index contributed by atoms with van der Waals surface area (Å²) in [6.07, 6.45) is -4.31. The van der Waals surface area contributed by atoms with Crippen LogP contribution in [0.1, 0.15) is 27.6 Å². The van der Waals surface area contributed by atoms with Crippen LogP contribution in [0.15, 0.2) is 48.5 Å². The van der Waals surface area contributed by atoms with E-state index in [1.807, 2.05) is 6.07 Å². The number of ether oxygens (including phenoxy) is 1. The summed E-state index contributed by atoms with van der Waals surface area (Å²) in [5.41, 5.74) is -0.254. The summed E-state index contributed by atoms with van der Waals surface area (Å²) in [4.78, 5) is 22.8. The van der Waals surface area contributed by atoms with Crippen LogP contribution in [0.25, 0.3) is 0 Å². The van der Waals surface area contributed by atoms with Gasteiger partial charge in [0.1, 0.15) is 24.6 Å². The maximum absolute atomic E-state index is 13.9. The van der Waals surface area contributed by atoms with Gasteiger partial charge in [-0.3, -0.25) is 0 Å². The van der Waals surface area contributed by atoms with Crippen LogP contribution in [-0.2, 0) is 11.3 Å². The van der Waals surface area contributed by atoms with Crippen LogP contribution in [0.2, 0.25) is 0 Å². The minimum Gasteiger partial charge on any atom is -0.478 e. The maximum Gasteiger partial charge on any atom is 0.407 e. The Balaban J connectivity index is 1.92. The van der Waals surface area contributed by atoms with E-state index >= 15 is 0 Å². The molecule has 0 aliphatic carbocycles. The molecule has 4 N–H and O–H groups in total. The fraction of sp³-hybridized carbons (Fsp3) is 0.222. The van der Waals surface area contributed by atoms with Crippen molar-refractivity contribution in [3.05, 3.63) is 71.0 Å². The summed E-state index contributed by atoms with van der Waals surface area (Å²) in [7, 11) is 0. The van der Waals surface area contributed by atoms with E-state index in [-0.39, 0.29) is 6.61 Å². The zero-order chi connectivity index (χ0) is 19.1. The van der Waals surface area contributed by atoms with E-state index in [0.717, 1.165) is 17.7 Å². The van der Waals surface area contributed by atoms with Gasteiger partial charge in [0.2, 0.25) is 0 Å². The van der Waals surface area contributed by atoms with E-state index < -0.39 is 47.8 Å². The van der Waals surface area contributed by atoms with Crippen molar-refractivity contribution in [2.45, 2.75) is 18.8 Å². The molecule has 0 fully saturated rings. The summed E-state index contributed by atoms with van der Waals surface area (Å²) >= 11 is 0. The molecule has 0 aromatic heterocycles. The average Bonchev–Trinajstić information content (AvgIpc) is 2.64. The molecule has 2 rings (SSSR count). The van der Waals surface area contributed by atoms with Gasteiger partial charge in [-0.05, 0) is 17.7 Å².